The molecule has 0 spiro atoms. The van der Waals surface area contributed by atoms with Crippen molar-refractivity contribution < 1.29 is 19.2 Å². The van der Waals surface area contributed by atoms with Gasteiger partial charge in [0, 0.05) is 32.0 Å². The highest BCUT2D eigenvalue weighted by Gasteiger charge is 2.34. The molecule has 3 heterocycles. The highest BCUT2D eigenvalue weighted by molar-refractivity contribution is 6.39. The third-order valence-corrected chi connectivity index (χ3v) is 6.62. The lowest BCUT2D eigenvalue weighted by Gasteiger charge is -2.38. The molecule has 10 nitrogen and oxygen atoms in total. The van der Waals surface area contributed by atoms with Crippen LogP contribution in [-0.4, -0.2) is 64.6 Å². The van der Waals surface area contributed by atoms with E-state index in [1.807, 2.05) is 24.3 Å². The Morgan fingerprint density at radius 3 is 2.46 bits per heavy atom. The molecule has 4 N–H and O–H groups in total. The van der Waals surface area contributed by atoms with Crippen molar-refractivity contribution in [2.75, 3.05) is 30.8 Å². The van der Waals surface area contributed by atoms with Gasteiger partial charge in [-0.2, -0.15) is 0 Å². The third kappa shape index (κ3) is 5.42. The summed E-state index contributed by atoms with van der Waals surface area (Å²) in [4.78, 5) is 56.7. The number of pyridine rings is 1. The fourth-order valence-corrected chi connectivity index (χ4v) is 4.64. The number of anilines is 2. The second kappa shape index (κ2) is 10.1. The smallest absolute Gasteiger partial charge is 0.313 e. The van der Waals surface area contributed by atoms with Crippen molar-refractivity contribution in [2.45, 2.75) is 38.3 Å². The Hall–Kier alpha value is -3.95. The van der Waals surface area contributed by atoms with Gasteiger partial charge in [0.2, 0.25) is 11.8 Å². The van der Waals surface area contributed by atoms with Crippen LogP contribution in [0.3, 0.4) is 0 Å². The van der Waals surface area contributed by atoms with Gasteiger partial charge in [-0.05, 0) is 48.9 Å². The van der Waals surface area contributed by atoms with Gasteiger partial charge in [-0.25, -0.2) is 0 Å². The molecule has 0 bridgehead atoms. The Morgan fingerprint density at radius 1 is 1.06 bits per heavy atom. The Labute approximate surface area is 203 Å². The van der Waals surface area contributed by atoms with E-state index >= 15 is 0 Å². The predicted octanol–water partition coefficient (Wildman–Crippen LogP) is 1.76. The van der Waals surface area contributed by atoms with Gasteiger partial charge in [-0.1, -0.05) is 19.1 Å². The summed E-state index contributed by atoms with van der Waals surface area (Å²) < 4.78 is 0. The molecule has 3 atom stereocenters. The zero-order valence-corrected chi connectivity index (χ0v) is 19.9. The summed E-state index contributed by atoms with van der Waals surface area (Å²) in [7, 11) is 1.80. The fourth-order valence-electron chi connectivity index (χ4n) is 4.64. The van der Waals surface area contributed by atoms with Crippen LogP contribution in [0.2, 0.25) is 0 Å². The van der Waals surface area contributed by atoms with E-state index in [-0.39, 0.29) is 35.2 Å². The minimum absolute atomic E-state index is 0.0784. The summed E-state index contributed by atoms with van der Waals surface area (Å²) in [5.41, 5.74) is 7.39. The van der Waals surface area contributed by atoms with E-state index in [4.69, 9.17) is 5.73 Å². The van der Waals surface area contributed by atoms with Crippen LogP contribution in [0, 0.1) is 5.92 Å². The molecular weight excluding hydrogens is 448 g/mol. The van der Waals surface area contributed by atoms with E-state index in [0.29, 0.717) is 6.54 Å². The van der Waals surface area contributed by atoms with E-state index in [2.05, 4.69) is 22.5 Å². The molecule has 2 aromatic rings. The van der Waals surface area contributed by atoms with Gasteiger partial charge < -0.3 is 26.2 Å². The molecular formula is C25H30N6O4. The molecule has 2 aliphatic heterocycles. The lowest BCUT2D eigenvalue weighted by atomic mass is 9.89. The number of nitrogens with one attached hydrogen (secondary N) is 2. The molecule has 0 saturated carbocycles. The van der Waals surface area contributed by atoms with Crippen LogP contribution in [-0.2, 0) is 14.4 Å². The number of carbonyl (C=O) groups excluding carboxylic acids is 4. The standard InChI is InChI=1S/C25H30N6O4/c1-15-3-8-21(16-4-6-18(7-5-16)28-20-9-10-30(2)24(20)34)31(14-15)25(35)23(33)29-19-11-17(22(26)32)12-27-13-19/h4-7,11-13,15,20-21,28H,3,8-10,14H2,1-2H3,(H2,26,32)(H,29,33)/t15-,20-,21-/m1/s1. The Bertz CT molecular complexity index is 1140. The number of nitrogens with zero attached hydrogens (tertiary/aromatic N) is 3. The lowest BCUT2D eigenvalue weighted by molar-refractivity contribution is -0.146. The quantitative estimate of drug-likeness (QED) is 0.560. The van der Waals surface area contributed by atoms with Crippen molar-refractivity contribution in [1.29, 1.82) is 0 Å². The Morgan fingerprint density at radius 2 is 1.80 bits per heavy atom. The number of aromatic nitrogens is 1. The predicted molar refractivity (Wildman–Crippen MR) is 130 cm³/mol. The van der Waals surface area contributed by atoms with Gasteiger partial charge in [0.05, 0.1) is 23.5 Å². The number of carbonyl (C=O) groups is 4. The van der Waals surface area contributed by atoms with Gasteiger partial charge in [0.1, 0.15) is 6.04 Å². The van der Waals surface area contributed by atoms with Gasteiger partial charge in [-0.3, -0.25) is 24.2 Å². The number of primary amides is 1. The summed E-state index contributed by atoms with van der Waals surface area (Å²) in [6.45, 7) is 3.24. The third-order valence-electron chi connectivity index (χ3n) is 6.62. The normalized spacial score (nSPS) is 22.1. The SMILES string of the molecule is C[C@@H]1CC[C@H](c2ccc(N[C@@H]3CCN(C)C3=O)cc2)N(C(=O)C(=O)Nc2cncc(C(N)=O)c2)C1. The van der Waals surface area contributed by atoms with Crippen molar-refractivity contribution in [1.82, 2.24) is 14.8 Å². The van der Waals surface area contributed by atoms with Crippen molar-refractivity contribution >= 4 is 35.0 Å². The van der Waals surface area contributed by atoms with E-state index in [9.17, 15) is 19.2 Å². The topological polar surface area (TPSA) is 138 Å². The number of hydrogen-bond acceptors (Lipinski definition) is 6. The number of piperidine rings is 1. The number of likely N-dealkylation sites (tertiary alicyclic amines) is 2. The number of amides is 4. The first-order valence-corrected chi connectivity index (χ1v) is 11.7. The molecule has 10 heteroatoms. The summed E-state index contributed by atoms with van der Waals surface area (Å²) in [6.07, 6.45) is 5.07. The molecule has 1 aromatic heterocycles. The van der Waals surface area contributed by atoms with E-state index in [1.54, 1.807) is 16.8 Å². The number of hydrogen-bond donors (Lipinski definition) is 3. The zero-order valence-electron chi connectivity index (χ0n) is 19.9. The van der Waals surface area contributed by atoms with Gasteiger partial charge >= 0.3 is 11.8 Å². The molecule has 0 aliphatic carbocycles. The molecule has 0 unspecified atom stereocenters. The number of benzene rings is 1. The van der Waals surface area contributed by atoms with Crippen LogP contribution in [0.25, 0.3) is 0 Å². The number of rotatable bonds is 5. The molecule has 0 radical (unpaired) electrons. The maximum atomic E-state index is 13.2. The first kappa shape index (κ1) is 24.2. The molecule has 184 valence electrons. The zero-order chi connectivity index (χ0) is 25.1. The molecule has 35 heavy (non-hydrogen) atoms. The second-order valence-corrected chi connectivity index (χ2v) is 9.30. The molecule has 4 rings (SSSR count). The maximum Gasteiger partial charge on any atom is 0.313 e. The summed E-state index contributed by atoms with van der Waals surface area (Å²) in [5.74, 6) is -1.78. The molecule has 1 aromatic carbocycles. The van der Waals surface area contributed by atoms with Crippen molar-refractivity contribution in [3.63, 3.8) is 0 Å². The molecule has 2 saturated heterocycles. The average molecular weight is 479 g/mol. The first-order valence-electron chi connectivity index (χ1n) is 11.7. The van der Waals surface area contributed by atoms with Crippen LogP contribution in [0.15, 0.2) is 42.7 Å². The van der Waals surface area contributed by atoms with Gasteiger partial charge in [-0.15, -0.1) is 0 Å². The molecule has 4 amide bonds. The summed E-state index contributed by atoms with van der Waals surface area (Å²) in [5, 5.41) is 5.81. The highest BCUT2D eigenvalue weighted by atomic mass is 16.2. The van der Waals surface area contributed by atoms with Crippen molar-refractivity contribution in [3.05, 3.63) is 53.9 Å². The molecule has 2 aliphatic rings. The number of nitrogens with two attached hydrogens (primary N) is 1. The minimum Gasteiger partial charge on any atom is -0.374 e. The largest absolute Gasteiger partial charge is 0.374 e. The average Bonchev–Trinajstić information content (AvgIpc) is 3.16. The minimum atomic E-state index is -0.797. The van der Waals surface area contributed by atoms with Crippen LogP contribution >= 0.6 is 0 Å². The monoisotopic (exact) mass is 478 g/mol. The number of likely N-dealkylation sites (N-methyl/N-ethyl adjacent to an activating group) is 1. The van der Waals surface area contributed by atoms with Crippen LogP contribution in [0.5, 0.6) is 0 Å². The maximum absolute atomic E-state index is 13.2. The van der Waals surface area contributed by atoms with Crippen molar-refractivity contribution in [3.8, 4) is 0 Å². The van der Waals surface area contributed by atoms with E-state index in [0.717, 1.165) is 37.1 Å². The molecule has 2 fully saturated rings. The first-order chi connectivity index (χ1) is 16.7. The summed E-state index contributed by atoms with van der Waals surface area (Å²) >= 11 is 0. The fraction of sp³-hybridized carbons (Fsp3) is 0.400. The Balaban J connectivity index is 1.46. The van der Waals surface area contributed by atoms with E-state index in [1.165, 1.54) is 18.5 Å². The second-order valence-electron chi connectivity index (χ2n) is 9.30. The van der Waals surface area contributed by atoms with E-state index < -0.39 is 17.7 Å². The lowest BCUT2D eigenvalue weighted by Crippen LogP contribution is -2.46. The van der Waals surface area contributed by atoms with Crippen LogP contribution in [0.4, 0.5) is 11.4 Å². The van der Waals surface area contributed by atoms with Gasteiger partial charge in [0.25, 0.3) is 0 Å². The highest BCUT2D eigenvalue weighted by Crippen LogP contribution is 2.34. The van der Waals surface area contributed by atoms with Crippen LogP contribution < -0.4 is 16.4 Å². The van der Waals surface area contributed by atoms with Gasteiger partial charge in [0.15, 0.2) is 0 Å². The summed E-state index contributed by atoms with van der Waals surface area (Å²) in [6, 6.07) is 8.59. The van der Waals surface area contributed by atoms with Crippen LogP contribution in [0.1, 0.15) is 48.1 Å². The Kier molecular flexibility index (Phi) is 6.99. The van der Waals surface area contributed by atoms with Crippen molar-refractivity contribution in [2.24, 2.45) is 11.7 Å².